The maximum atomic E-state index is 13.8. The van der Waals surface area contributed by atoms with Crippen LogP contribution in [0.3, 0.4) is 0 Å². The number of rotatable bonds is 4. The van der Waals surface area contributed by atoms with Crippen LogP contribution in [-0.2, 0) is 0 Å². The van der Waals surface area contributed by atoms with Crippen molar-refractivity contribution < 1.29 is 18.4 Å². The lowest BCUT2D eigenvalue weighted by Crippen LogP contribution is -2.41. The molecule has 6 nitrogen and oxygen atoms in total. The number of nitrogens with zero attached hydrogens (tertiary/aromatic N) is 3. The molecule has 1 saturated heterocycles. The van der Waals surface area contributed by atoms with E-state index in [1.165, 1.54) is 19.2 Å². The van der Waals surface area contributed by atoms with Crippen molar-refractivity contribution in [3.8, 4) is 17.1 Å². The maximum absolute atomic E-state index is 13.8. The lowest BCUT2D eigenvalue weighted by Gasteiger charge is -2.38. The van der Waals surface area contributed by atoms with Crippen LogP contribution in [0.4, 0.5) is 10.2 Å². The van der Waals surface area contributed by atoms with E-state index in [1.54, 1.807) is 11.0 Å². The number of carbonyl (C=O) groups is 1. The molecule has 1 amide bonds. The number of methoxy groups -OCH3 is 1. The first-order valence-corrected chi connectivity index (χ1v) is 9.93. The van der Waals surface area contributed by atoms with Crippen LogP contribution in [0.15, 0.2) is 22.7 Å². The molecule has 0 atom stereocenters. The van der Waals surface area contributed by atoms with Crippen LogP contribution in [-0.4, -0.2) is 50.3 Å². The van der Waals surface area contributed by atoms with Crippen molar-refractivity contribution in [3.63, 3.8) is 0 Å². The molecule has 0 bridgehead atoms. The van der Waals surface area contributed by atoms with Gasteiger partial charge in [-0.2, -0.15) is 0 Å². The Morgan fingerprint density at radius 2 is 1.93 bits per heavy atom. The van der Waals surface area contributed by atoms with E-state index in [0.29, 0.717) is 41.7 Å². The van der Waals surface area contributed by atoms with Crippen LogP contribution < -0.4 is 9.64 Å². The average molecular weight is 403 g/mol. The monoisotopic (exact) mass is 403 g/mol. The van der Waals surface area contributed by atoms with Gasteiger partial charge >= 0.3 is 0 Å². The molecular weight excluding hydrogens is 373 g/mol. The zero-order valence-corrected chi connectivity index (χ0v) is 18.1. The zero-order chi connectivity index (χ0) is 21.3. The Balaban J connectivity index is 1.94. The third-order valence-electron chi connectivity index (χ3n) is 5.73. The van der Waals surface area contributed by atoms with Gasteiger partial charge in [-0.1, -0.05) is 25.9 Å². The second-order valence-electron chi connectivity index (χ2n) is 8.89. The van der Waals surface area contributed by atoms with E-state index in [1.807, 2.05) is 19.0 Å². The normalized spacial score (nSPS) is 15.5. The average Bonchev–Trinajstić information content (AvgIpc) is 3.12. The molecule has 0 saturated carbocycles. The van der Waals surface area contributed by atoms with Crippen LogP contribution in [0.5, 0.6) is 5.75 Å². The lowest BCUT2D eigenvalue weighted by molar-refractivity contribution is 0.0609. The van der Waals surface area contributed by atoms with Crippen LogP contribution in [0, 0.1) is 17.2 Å². The van der Waals surface area contributed by atoms with Crippen molar-refractivity contribution >= 4 is 11.7 Å². The van der Waals surface area contributed by atoms with Gasteiger partial charge in [0.05, 0.1) is 7.11 Å². The minimum Gasteiger partial charge on any atom is -0.494 e. The first-order chi connectivity index (χ1) is 13.6. The van der Waals surface area contributed by atoms with Gasteiger partial charge in [0, 0.05) is 32.7 Å². The molecule has 1 aromatic carbocycles. The molecule has 1 aliphatic rings. The summed E-state index contributed by atoms with van der Waals surface area (Å²) in [5.74, 6) is 0.889. The fourth-order valence-electron chi connectivity index (χ4n) is 3.88. The Kier molecular flexibility index (Phi) is 5.87. The van der Waals surface area contributed by atoms with E-state index >= 15 is 0 Å². The summed E-state index contributed by atoms with van der Waals surface area (Å²) < 4.78 is 24.5. The number of carbonyl (C=O) groups excluding carboxylic acids is 1. The summed E-state index contributed by atoms with van der Waals surface area (Å²) in [5, 5.41) is 4.11. The van der Waals surface area contributed by atoms with Gasteiger partial charge in [-0.15, -0.1) is 0 Å². The van der Waals surface area contributed by atoms with Crippen molar-refractivity contribution in [2.75, 3.05) is 39.2 Å². The van der Waals surface area contributed by atoms with E-state index in [9.17, 15) is 9.18 Å². The van der Waals surface area contributed by atoms with Crippen molar-refractivity contribution in [1.82, 2.24) is 10.1 Å². The summed E-state index contributed by atoms with van der Waals surface area (Å²) >= 11 is 0. The Labute approximate surface area is 171 Å². The molecule has 1 aromatic heterocycles. The van der Waals surface area contributed by atoms with E-state index in [0.717, 1.165) is 12.8 Å². The highest BCUT2D eigenvalue weighted by atomic mass is 19.1. The molecule has 0 spiro atoms. The van der Waals surface area contributed by atoms with Gasteiger partial charge in [-0.25, -0.2) is 4.39 Å². The topological polar surface area (TPSA) is 58.8 Å². The summed E-state index contributed by atoms with van der Waals surface area (Å²) in [7, 11) is 5.03. The second kappa shape index (κ2) is 8.05. The molecule has 7 heteroatoms. The molecule has 2 heterocycles. The molecule has 158 valence electrons. The first kappa shape index (κ1) is 21.1. The number of benzene rings is 1. The molecule has 0 radical (unpaired) electrons. The van der Waals surface area contributed by atoms with E-state index in [-0.39, 0.29) is 17.1 Å². The van der Waals surface area contributed by atoms with Crippen LogP contribution in [0.1, 0.15) is 44.0 Å². The molecular formula is C22H30FN3O3. The fraction of sp³-hybridized carbons (Fsp3) is 0.545. The summed E-state index contributed by atoms with van der Waals surface area (Å²) in [5.41, 5.74) is 1.19. The van der Waals surface area contributed by atoms with Crippen LogP contribution in [0.25, 0.3) is 11.3 Å². The van der Waals surface area contributed by atoms with Crippen molar-refractivity contribution in [2.24, 2.45) is 11.3 Å². The smallest absolute Gasteiger partial charge is 0.261 e. The molecule has 2 aromatic rings. The van der Waals surface area contributed by atoms with E-state index in [4.69, 9.17) is 9.26 Å². The van der Waals surface area contributed by atoms with E-state index < -0.39 is 5.82 Å². The summed E-state index contributed by atoms with van der Waals surface area (Å²) in [6.45, 7) is 8.15. The number of anilines is 1. The van der Waals surface area contributed by atoms with Gasteiger partial charge < -0.3 is 19.1 Å². The minimum atomic E-state index is -0.472. The number of piperidine rings is 1. The molecule has 0 aliphatic carbocycles. The van der Waals surface area contributed by atoms with Gasteiger partial charge in [-0.05, 0) is 42.4 Å². The molecule has 1 aliphatic heterocycles. The third-order valence-corrected chi connectivity index (χ3v) is 5.73. The lowest BCUT2D eigenvalue weighted by atomic mass is 9.75. The van der Waals surface area contributed by atoms with E-state index in [2.05, 4.69) is 25.9 Å². The maximum Gasteiger partial charge on any atom is 0.261 e. The van der Waals surface area contributed by atoms with Crippen molar-refractivity contribution in [3.05, 3.63) is 29.6 Å². The molecule has 29 heavy (non-hydrogen) atoms. The molecule has 3 rings (SSSR count). The van der Waals surface area contributed by atoms with Crippen molar-refractivity contribution in [1.29, 1.82) is 0 Å². The standard InChI is InChI=1S/C22H30FN3O3/c1-22(2,3)15-9-11-26(12-10-15)21(27)18-19(29-24-20(18)25(4)5)14-7-8-16(23)17(13-14)28-6/h7-8,13,15H,9-12H2,1-6H3. The Bertz CT molecular complexity index is 878. The third kappa shape index (κ3) is 4.23. The highest BCUT2D eigenvalue weighted by Crippen LogP contribution is 2.37. The SMILES string of the molecule is COc1cc(-c2onc(N(C)C)c2C(=O)N2CCC(C(C)(C)C)CC2)ccc1F. The van der Waals surface area contributed by atoms with Crippen LogP contribution in [0.2, 0.25) is 0 Å². The predicted octanol–water partition coefficient (Wildman–Crippen LogP) is 4.45. The highest BCUT2D eigenvalue weighted by molar-refractivity contribution is 6.04. The molecule has 0 unspecified atom stereocenters. The van der Waals surface area contributed by atoms with Gasteiger partial charge in [-0.3, -0.25) is 4.79 Å². The molecule has 1 fully saturated rings. The number of hydrogen-bond donors (Lipinski definition) is 0. The number of amides is 1. The summed E-state index contributed by atoms with van der Waals surface area (Å²) in [6, 6.07) is 4.40. The Hall–Kier alpha value is -2.57. The number of aromatic nitrogens is 1. The quantitative estimate of drug-likeness (QED) is 0.755. The Morgan fingerprint density at radius 3 is 2.48 bits per heavy atom. The zero-order valence-electron chi connectivity index (χ0n) is 18.1. The Morgan fingerprint density at radius 1 is 1.28 bits per heavy atom. The predicted molar refractivity (Wildman–Crippen MR) is 111 cm³/mol. The van der Waals surface area contributed by atoms with Gasteiger partial charge in [0.25, 0.3) is 5.91 Å². The largest absolute Gasteiger partial charge is 0.494 e. The number of ether oxygens (including phenoxy) is 1. The number of halogens is 1. The molecule has 0 N–H and O–H groups in total. The number of hydrogen-bond acceptors (Lipinski definition) is 5. The van der Waals surface area contributed by atoms with Gasteiger partial charge in [0.2, 0.25) is 0 Å². The van der Waals surface area contributed by atoms with Gasteiger partial charge in [0.1, 0.15) is 5.56 Å². The second-order valence-corrected chi connectivity index (χ2v) is 8.89. The van der Waals surface area contributed by atoms with Crippen molar-refractivity contribution in [2.45, 2.75) is 33.6 Å². The highest BCUT2D eigenvalue weighted by Gasteiger charge is 2.34. The summed E-state index contributed by atoms with van der Waals surface area (Å²) in [4.78, 5) is 17.1. The number of likely N-dealkylation sites (tertiary alicyclic amines) is 1. The fourth-order valence-corrected chi connectivity index (χ4v) is 3.88. The van der Waals surface area contributed by atoms with Crippen LogP contribution >= 0.6 is 0 Å². The van der Waals surface area contributed by atoms with Gasteiger partial charge in [0.15, 0.2) is 23.1 Å². The minimum absolute atomic E-state index is 0.0923. The first-order valence-electron chi connectivity index (χ1n) is 9.93. The summed E-state index contributed by atoms with van der Waals surface area (Å²) in [6.07, 6.45) is 1.94.